The quantitative estimate of drug-likeness (QED) is 0.523. The van der Waals surface area contributed by atoms with E-state index in [9.17, 15) is 4.79 Å². The van der Waals surface area contributed by atoms with Crippen molar-refractivity contribution >= 4 is 51.8 Å². The fraction of sp³-hybridized carbons (Fsp3) is 0.292. The van der Waals surface area contributed by atoms with Crippen molar-refractivity contribution in [1.82, 2.24) is 9.88 Å². The molecule has 4 rings (SSSR count). The molecule has 2 N–H and O–H groups in total. The number of nitrogens with zero attached hydrogens (tertiary/aromatic N) is 1. The van der Waals surface area contributed by atoms with Crippen LogP contribution in [0.15, 0.2) is 42.6 Å². The van der Waals surface area contributed by atoms with Crippen molar-refractivity contribution in [2.24, 2.45) is 0 Å². The van der Waals surface area contributed by atoms with Gasteiger partial charge in [0.25, 0.3) is 0 Å². The van der Waals surface area contributed by atoms with Gasteiger partial charge in [0, 0.05) is 23.3 Å². The first-order chi connectivity index (χ1) is 14.3. The molecule has 3 aromatic rings. The van der Waals surface area contributed by atoms with Crippen LogP contribution in [0.5, 0.6) is 0 Å². The van der Waals surface area contributed by atoms with Crippen LogP contribution in [0.1, 0.15) is 37.6 Å². The Morgan fingerprint density at radius 3 is 2.77 bits per heavy atom. The maximum Gasteiger partial charge on any atom is 0.244 e. The number of carbonyl (C=O) groups is 1. The third kappa shape index (κ3) is 3.94. The Kier molecular flexibility index (Phi) is 5.56. The molecular formula is C24H25Cl2N3O. The van der Waals surface area contributed by atoms with E-state index < -0.39 is 0 Å². The fourth-order valence-electron chi connectivity index (χ4n) is 3.91. The summed E-state index contributed by atoms with van der Waals surface area (Å²) in [5.74, 6) is -0.0857. The SMILES string of the molecule is CC(C)(C)c1cccc(NC(=O)Cn2c3c(c4c(Cl)c(Cl)ccc42)CCNC=C3)c1. The third-order valence-electron chi connectivity index (χ3n) is 5.46. The molecule has 1 aliphatic heterocycles. The van der Waals surface area contributed by atoms with Crippen molar-refractivity contribution in [1.29, 1.82) is 0 Å². The van der Waals surface area contributed by atoms with Crippen LogP contribution in [0.4, 0.5) is 5.69 Å². The number of amides is 1. The maximum absolute atomic E-state index is 13.0. The number of anilines is 1. The summed E-state index contributed by atoms with van der Waals surface area (Å²) < 4.78 is 2.01. The van der Waals surface area contributed by atoms with Gasteiger partial charge in [-0.1, -0.05) is 56.1 Å². The highest BCUT2D eigenvalue weighted by Crippen LogP contribution is 2.38. The summed E-state index contributed by atoms with van der Waals surface area (Å²) in [7, 11) is 0. The lowest BCUT2D eigenvalue weighted by Crippen LogP contribution is -2.20. The molecular weight excluding hydrogens is 417 g/mol. The molecule has 30 heavy (non-hydrogen) atoms. The van der Waals surface area contributed by atoms with Gasteiger partial charge in [-0.05, 0) is 59.5 Å². The van der Waals surface area contributed by atoms with E-state index in [-0.39, 0.29) is 17.9 Å². The van der Waals surface area contributed by atoms with Crippen molar-refractivity contribution in [3.05, 3.63) is 69.5 Å². The summed E-state index contributed by atoms with van der Waals surface area (Å²) in [6, 6.07) is 11.7. The van der Waals surface area contributed by atoms with Gasteiger partial charge >= 0.3 is 0 Å². The predicted molar refractivity (Wildman–Crippen MR) is 126 cm³/mol. The van der Waals surface area contributed by atoms with E-state index in [0.29, 0.717) is 10.0 Å². The molecule has 0 saturated carbocycles. The van der Waals surface area contributed by atoms with E-state index in [0.717, 1.165) is 40.8 Å². The Labute approximate surface area is 186 Å². The molecule has 4 nitrogen and oxygen atoms in total. The second-order valence-electron chi connectivity index (χ2n) is 8.62. The summed E-state index contributed by atoms with van der Waals surface area (Å²) in [6.45, 7) is 7.46. The van der Waals surface area contributed by atoms with Crippen molar-refractivity contribution < 1.29 is 4.79 Å². The zero-order valence-corrected chi connectivity index (χ0v) is 18.9. The summed E-state index contributed by atoms with van der Waals surface area (Å²) >= 11 is 12.9. The van der Waals surface area contributed by atoms with Crippen LogP contribution in [0.2, 0.25) is 10.0 Å². The molecule has 6 heteroatoms. The number of hydrogen-bond acceptors (Lipinski definition) is 2. The van der Waals surface area contributed by atoms with E-state index in [1.165, 1.54) is 5.56 Å². The number of carbonyl (C=O) groups excluding carboxylic acids is 1. The van der Waals surface area contributed by atoms with Crippen LogP contribution >= 0.6 is 23.2 Å². The second-order valence-corrected chi connectivity index (χ2v) is 9.41. The number of benzene rings is 2. The minimum Gasteiger partial charge on any atom is -0.390 e. The molecule has 1 aliphatic rings. The molecule has 0 spiro atoms. The van der Waals surface area contributed by atoms with Crippen molar-refractivity contribution in [2.75, 3.05) is 11.9 Å². The zero-order valence-electron chi connectivity index (χ0n) is 17.4. The predicted octanol–water partition coefficient (Wildman–Crippen LogP) is 6.00. The van der Waals surface area contributed by atoms with Gasteiger partial charge in [0.1, 0.15) is 6.54 Å². The van der Waals surface area contributed by atoms with Gasteiger partial charge in [-0.25, -0.2) is 0 Å². The van der Waals surface area contributed by atoms with E-state index in [1.807, 2.05) is 41.1 Å². The normalized spacial score (nSPS) is 13.6. The van der Waals surface area contributed by atoms with E-state index in [1.54, 1.807) is 6.07 Å². The molecule has 1 aromatic heterocycles. The molecule has 0 radical (unpaired) electrons. The van der Waals surface area contributed by atoms with Crippen molar-refractivity contribution in [3.63, 3.8) is 0 Å². The molecule has 156 valence electrons. The summed E-state index contributed by atoms with van der Waals surface area (Å²) in [5, 5.41) is 8.28. The minimum absolute atomic E-state index is 0.0164. The van der Waals surface area contributed by atoms with Gasteiger partial charge in [-0.3, -0.25) is 4.79 Å². The number of halogens is 2. The summed E-state index contributed by atoms with van der Waals surface area (Å²) in [6.07, 6.45) is 4.72. The second kappa shape index (κ2) is 8.01. The van der Waals surface area contributed by atoms with Gasteiger partial charge in [0.2, 0.25) is 5.91 Å². The molecule has 0 fully saturated rings. The van der Waals surface area contributed by atoms with E-state index in [2.05, 4.69) is 37.5 Å². The summed E-state index contributed by atoms with van der Waals surface area (Å²) in [5.41, 5.74) is 5.01. The van der Waals surface area contributed by atoms with E-state index >= 15 is 0 Å². The molecule has 0 atom stereocenters. The number of nitrogens with one attached hydrogen (secondary N) is 2. The Balaban J connectivity index is 1.70. The largest absolute Gasteiger partial charge is 0.390 e. The monoisotopic (exact) mass is 441 g/mol. The minimum atomic E-state index is -0.0857. The van der Waals surface area contributed by atoms with Crippen molar-refractivity contribution in [3.8, 4) is 0 Å². The Bertz CT molecular complexity index is 1160. The lowest BCUT2D eigenvalue weighted by atomic mass is 9.87. The highest BCUT2D eigenvalue weighted by Gasteiger charge is 2.22. The van der Waals surface area contributed by atoms with Crippen LogP contribution in [0.3, 0.4) is 0 Å². The lowest BCUT2D eigenvalue weighted by Gasteiger charge is -2.20. The Morgan fingerprint density at radius 1 is 1.20 bits per heavy atom. The highest BCUT2D eigenvalue weighted by molar-refractivity contribution is 6.45. The number of rotatable bonds is 3. The first-order valence-electron chi connectivity index (χ1n) is 10.0. The van der Waals surface area contributed by atoms with Gasteiger partial charge in [-0.2, -0.15) is 0 Å². The fourth-order valence-corrected chi connectivity index (χ4v) is 4.34. The van der Waals surface area contributed by atoms with Crippen LogP contribution in [-0.2, 0) is 23.2 Å². The van der Waals surface area contributed by atoms with Gasteiger partial charge in [0.15, 0.2) is 0 Å². The molecule has 0 unspecified atom stereocenters. The van der Waals surface area contributed by atoms with E-state index in [4.69, 9.17) is 23.2 Å². The average Bonchev–Trinajstić information content (AvgIpc) is 2.83. The molecule has 1 amide bonds. The van der Waals surface area contributed by atoms with Crippen LogP contribution in [0, 0.1) is 0 Å². The lowest BCUT2D eigenvalue weighted by molar-refractivity contribution is -0.116. The number of fused-ring (bicyclic) bond motifs is 3. The van der Waals surface area contributed by atoms with Gasteiger partial charge in [0.05, 0.1) is 15.6 Å². The Morgan fingerprint density at radius 2 is 2.00 bits per heavy atom. The molecule has 0 saturated heterocycles. The Hall–Kier alpha value is -2.43. The number of hydrogen-bond donors (Lipinski definition) is 2. The van der Waals surface area contributed by atoms with Gasteiger partial charge in [-0.15, -0.1) is 0 Å². The smallest absolute Gasteiger partial charge is 0.244 e. The summed E-state index contributed by atoms with van der Waals surface area (Å²) in [4.78, 5) is 13.0. The zero-order chi connectivity index (χ0) is 21.5. The maximum atomic E-state index is 13.0. The topological polar surface area (TPSA) is 46.1 Å². The average molecular weight is 442 g/mol. The molecule has 0 bridgehead atoms. The van der Waals surface area contributed by atoms with Crippen LogP contribution in [0.25, 0.3) is 17.0 Å². The van der Waals surface area contributed by atoms with Gasteiger partial charge < -0.3 is 15.2 Å². The first kappa shape index (κ1) is 20.8. The standard InChI is InChI=1S/C24H25Cl2N3O/c1-24(2,3)15-5-4-6-16(13-15)28-21(30)14-29-19-10-12-27-11-9-17(19)22-20(29)8-7-18(25)23(22)26/h4-8,10,12-13,27H,9,11,14H2,1-3H3,(H,28,30). The van der Waals surface area contributed by atoms with Crippen LogP contribution in [-0.4, -0.2) is 17.0 Å². The highest BCUT2D eigenvalue weighted by atomic mass is 35.5. The first-order valence-corrected chi connectivity index (χ1v) is 10.8. The van der Waals surface area contributed by atoms with Crippen molar-refractivity contribution in [2.45, 2.75) is 39.2 Å². The number of aromatic nitrogens is 1. The molecule has 2 heterocycles. The molecule has 2 aromatic carbocycles. The third-order valence-corrected chi connectivity index (χ3v) is 6.26. The molecule has 0 aliphatic carbocycles. The van der Waals surface area contributed by atoms with Crippen LogP contribution < -0.4 is 10.6 Å².